The van der Waals surface area contributed by atoms with Gasteiger partial charge in [0.15, 0.2) is 0 Å². The first-order valence-corrected chi connectivity index (χ1v) is 10.4. The van der Waals surface area contributed by atoms with Gasteiger partial charge in [-0.25, -0.2) is 9.36 Å². The predicted octanol–water partition coefficient (Wildman–Crippen LogP) is 4.67. The Morgan fingerprint density at radius 2 is 1.61 bits per heavy atom. The molecule has 0 N–H and O–H groups in total. The first-order valence-electron chi connectivity index (χ1n) is 10.4. The number of hydrogen-bond acceptors (Lipinski definition) is 3. The van der Waals surface area contributed by atoms with Crippen LogP contribution in [0.1, 0.15) is 11.1 Å². The molecule has 33 heavy (non-hydrogen) atoms. The van der Waals surface area contributed by atoms with Crippen molar-refractivity contribution in [3.05, 3.63) is 115 Å². The number of nitrogens with zero attached hydrogens (tertiary/aromatic N) is 4. The van der Waals surface area contributed by atoms with Gasteiger partial charge in [0.1, 0.15) is 6.20 Å². The molecular formula is C27H23N4OPt+. The van der Waals surface area contributed by atoms with Crippen LogP contribution in [0.2, 0.25) is 0 Å². The van der Waals surface area contributed by atoms with E-state index in [0.717, 1.165) is 28.2 Å². The maximum atomic E-state index is 6.10. The number of aromatic nitrogens is 2. The van der Waals surface area contributed by atoms with E-state index in [1.807, 2.05) is 103 Å². The van der Waals surface area contributed by atoms with Gasteiger partial charge in [0, 0.05) is 22.9 Å². The SMILES string of the molecule is Cc1[c-][n+](-c2[c-]c(Oc3[c-]c(N4C=C(c5ccccc5)N(C)[CH-]4)ccc3)ccc2)n(C)c1.[Pt+4]. The first kappa shape index (κ1) is 22.9. The second kappa shape index (κ2) is 9.68. The van der Waals surface area contributed by atoms with Crippen LogP contribution in [-0.4, -0.2) is 16.6 Å². The molecule has 0 unspecified atom stereocenters. The van der Waals surface area contributed by atoms with Crippen molar-refractivity contribution in [2.45, 2.75) is 6.92 Å². The molecule has 0 saturated heterocycles. The molecule has 5 rings (SSSR count). The summed E-state index contributed by atoms with van der Waals surface area (Å²) in [6.45, 7) is 4.05. The summed E-state index contributed by atoms with van der Waals surface area (Å²) >= 11 is 0. The quantitative estimate of drug-likeness (QED) is 0.242. The Balaban J connectivity index is 0.00000259. The van der Waals surface area contributed by atoms with Gasteiger partial charge in [-0.15, -0.1) is 36.0 Å². The Kier molecular flexibility index (Phi) is 6.71. The smallest absolute Gasteiger partial charge is 0.510 e. The summed E-state index contributed by atoms with van der Waals surface area (Å²) in [4.78, 5) is 4.15. The minimum atomic E-state index is 0. The van der Waals surface area contributed by atoms with Crippen molar-refractivity contribution in [1.82, 2.24) is 9.58 Å². The minimum absolute atomic E-state index is 0. The van der Waals surface area contributed by atoms with Crippen LogP contribution in [0, 0.1) is 31.9 Å². The van der Waals surface area contributed by atoms with Crippen LogP contribution in [0.5, 0.6) is 11.5 Å². The molecule has 3 aromatic carbocycles. The minimum Gasteiger partial charge on any atom is -0.510 e. The largest absolute Gasteiger partial charge is 4.00 e. The van der Waals surface area contributed by atoms with Crippen molar-refractivity contribution in [2.24, 2.45) is 7.05 Å². The Morgan fingerprint density at radius 3 is 2.33 bits per heavy atom. The summed E-state index contributed by atoms with van der Waals surface area (Å²) in [7, 11) is 4.02. The molecule has 0 aliphatic carbocycles. The molecule has 6 heteroatoms. The number of anilines is 1. The maximum Gasteiger partial charge on any atom is 4.00 e. The number of aryl methyl sites for hydroxylation is 2. The number of hydrogen-bond donors (Lipinski definition) is 0. The van der Waals surface area contributed by atoms with E-state index in [4.69, 9.17) is 4.74 Å². The van der Waals surface area contributed by atoms with Gasteiger partial charge in [-0.1, -0.05) is 42.8 Å². The molecule has 5 nitrogen and oxygen atoms in total. The summed E-state index contributed by atoms with van der Waals surface area (Å²) in [5, 5.41) is 0. The summed E-state index contributed by atoms with van der Waals surface area (Å²) in [5.74, 6) is 1.25. The zero-order valence-corrected chi connectivity index (χ0v) is 20.9. The van der Waals surface area contributed by atoms with Crippen molar-refractivity contribution < 1.29 is 30.5 Å². The summed E-state index contributed by atoms with van der Waals surface area (Å²) in [6, 6.07) is 28.7. The molecule has 1 aliphatic heterocycles. The van der Waals surface area contributed by atoms with E-state index < -0.39 is 0 Å². The van der Waals surface area contributed by atoms with Crippen LogP contribution in [0.25, 0.3) is 11.4 Å². The average molecular weight is 615 g/mol. The third-order valence-corrected chi connectivity index (χ3v) is 5.22. The van der Waals surface area contributed by atoms with Crippen molar-refractivity contribution >= 4 is 11.4 Å². The van der Waals surface area contributed by atoms with Crippen LogP contribution in [-0.2, 0) is 28.1 Å². The predicted molar refractivity (Wildman–Crippen MR) is 124 cm³/mol. The molecule has 0 fully saturated rings. The zero-order chi connectivity index (χ0) is 22.1. The molecule has 0 amide bonds. The Morgan fingerprint density at radius 1 is 0.879 bits per heavy atom. The molecule has 1 aromatic heterocycles. The maximum absolute atomic E-state index is 6.10. The molecule has 2 heterocycles. The summed E-state index contributed by atoms with van der Waals surface area (Å²) < 4.78 is 9.98. The molecule has 0 atom stereocenters. The van der Waals surface area contributed by atoms with Gasteiger partial charge in [-0.05, 0) is 25.0 Å². The molecule has 0 spiro atoms. The van der Waals surface area contributed by atoms with E-state index in [1.165, 1.54) is 0 Å². The summed E-state index contributed by atoms with van der Waals surface area (Å²) in [5.41, 5.74) is 5.11. The van der Waals surface area contributed by atoms with Crippen molar-refractivity contribution in [3.8, 4) is 17.2 Å². The van der Waals surface area contributed by atoms with Gasteiger partial charge in [0.05, 0.1) is 7.05 Å². The third kappa shape index (κ3) is 4.89. The first-order chi connectivity index (χ1) is 15.6. The van der Waals surface area contributed by atoms with Crippen molar-refractivity contribution in [2.75, 3.05) is 11.9 Å². The molecule has 166 valence electrons. The number of rotatable bonds is 5. The topological polar surface area (TPSA) is 24.5 Å². The van der Waals surface area contributed by atoms with Crippen molar-refractivity contribution in [3.63, 3.8) is 0 Å². The third-order valence-electron chi connectivity index (χ3n) is 5.22. The fraction of sp³-hybridized carbons (Fsp3) is 0.111. The fourth-order valence-corrected chi connectivity index (χ4v) is 3.75. The second-order valence-electron chi connectivity index (χ2n) is 7.73. The Bertz CT molecular complexity index is 1280. The van der Waals surface area contributed by atoms with E-state index in [2.05, 4.69) is 41.6 Å². The molecule has 0 radical (unpaired) electrons. The van der Waals surface area contributed by atoms with Crippen LogP contribution in [0.4, 0.5) is 5.69 Å². The van der Waals surface area contributed by atoms with Crippen LogP contribution in [0.15, 0.2) is 79.1 Å². The number of benzene rings is 3. The summed E-state index contributed by atoms with van der Waals surface area (Å²) in [6.07, 6.45) is 7.40. The standard InChI is InChI=1S/C27H23N4O.Pt/c1-21-17-29(3)31(18-21)24-12-8-14-26(16-24)32-25-13-7-11-23(15-25)30-19-27(28(2)20-30)22-9-5-4-6-10-22;/h4-14,17,19-20H,1-3H3;/q-3;+4. The molecule has 0 bridgehead atoms. The Hall–Kier alpha value is -3.30. The molecule has 0 saturated carbocycles. The second-order valence-corrected chi connectivity index (χ2v) is 7.73. The zero-order valence-electron chi connectivity index (χ0n) is 18.6. The van der Waals surface area contributed by atoms with Gasteiger partial charge in [0.2, 0.25) is 0 Å². The van der Waals surface area contributed by atoms with Crippen molar-refractivity contribution in [1.29, 1.82) is 0 Å². The Labute approximate surface area is 209 Å². The normalized spacial score (nSPS) is 13.0. The van der Waals surface area contributed by atoms with E-state index in [-0.39, 0.29) is 21.1 Å². The average Bonchev–Trinajstić information content (AvgIpc) is 3.36. The van der Waals surface area contributed by atoms with Gasteiger partial charge in [-0.2, -0.15) is 24.9 Å². The molecule has 1 aliphatic rings. The monoisotopic (exact) mass is 614 g/mol. The van der Waals surface area contributed by atoms with Crippen LogP contribution >= 0.6 is 0 Å². The van der Waals surface area contributed by atoms with Crippen LogP contribution < -0.4 is 14.3 Å². The van der Waals surface area contributed by atoms with E-state index in [1.54, 1.807) is 0 Å². The van der Waals surface area contributed by atoms with E-state index in [9.17, 15) is 0 Å². The van der Waals surface area contributed by atoms with Crippen LogP contribution in [0.3, 0.4) is 0 Å². The van der Waals surface area contributed by atoms with E-state index >= 15 is 0 Å². The fourth-order valence-electron chi connectivity index (χ4n) is 3.75. The van der Waals surface area contributed by atoms with E-state index in [0.29, 0.717) is 11.5 Å². The molecule has 4 aromatic rings. The number of ether oxygens (including phenoxy) is 1. The molecular weight excluding hydrogens is 591 g/mol. The van der Waals surface area contributed by atoms with Gasteiger partial charge >= 0.3 is 21.1 Å². The van der Waals surface area contributed by atoms with Gasteiger partial charge in [-0.3, -0.25) is 0 Å². The van der Waals surface area contributed by atoms with Gasteiger partial charge in [0.25, 0.3) is 0 Å². The van der Waals surface area contributed by atoms with Gasteiger partial charge < -0.3 is 14.5 Å².